The van der Waals surface area contributed by atoms with Gasteiger partial charge in [0.1, 0.15) is 13.2 Å². The number of quaternary nitrogens is 1. The van der Waals surface area contributed by atoms with Gasteiger partial charge < -0.3 is 19.8 Å². The number of nitrogens with zero attached hydrogens (tertiary/aromatic N) is 1. The molecule has 0 bridgehead atoms. The van der Waals surface area contributed by atoms with Gasteiger partial charge in [0, 0.05) is 6.42 Å². The van der Waals surface area contributed by atoms with Gasteiger partial charge in [0.05, 0.1) is 39.9 Å². The standard InChI is InChI=1S/C58H109N2O6P/c1-6-8-10-12-14-16-18-20-22-24-26-27-28-29-30-31-32-34-35-37-39-41-43-45-47-49-51-57(61)56(55-66-67(63,64)65-54-53-60(3,4)5)59-58(62)52-50-48-46-44-42-40-38-36-33-25-23-21-19-17-15-13-11-9-7-2/h9,11,15,17,21,23,33,36,49,51,56-57,61H,6-8,10,12-14,16,18-20,22,24-32,34-35,37-48,50,52-55H2,1-5H3,(H-,59,62,63,64)/p+1/b11-9-,17-15-,23-21-,36-33-,51-49+. The van der Waals surface area contributed by atoms with Crippen LogP contribution < -0.4 is 5.32 Å². The van der Waals surface area contributed by atoms with Crippen molar-refractivity contribution in [1.29, 1.82) is 0 Å². The Bertz CT molecular complexity index is 1270. The molecule has 9 heteroatoms. The van der Waals surface area contributed by atoms with Crippen LogP contribution in [0, 0.1) is 0 Å². The van der Waals surface area contributed by atoms with Crippen molar-refractivity contribution >= 4 is 13.7 Å². The summed E-state index contributed by atoms with van der Waals surface area (Å²) in [6, 6.07) is -0.858. The van der Waals surface area contributed by atoms with Crippen LogP contribution in [0.15, 0.2) is 60.8 Å². The van der Waals surface area contributed by atoms with E-state index >= 15 is 0 Å². The first-order valence-corrected chi connectivity index (χ1v) is 29.7. The number of phosphoric acid groups is 1. The van der Waals surface area contributed by atoms with E-state index in [2.05, 4.69) is 67.8 Å². The molecule has 0 aromatic carbocycles. The van der Waals surface area contributed by atoms with Gasteiger partial charge in [-0.2, -0.15) is 0 Å². The topological polar surface area (TPSA) is 105 Å². The van der Waals surface area contributed by atoms with Gasteiger partial charge in [-0.3, -0.25) is 13.8 Å². The van der Waals surface area contributed by atoms with Crippen LogP contribution in [0.1, 0.15) is 251 Å². The van der Waals surface area contributed by atoms with Crippen molar-refractivity contribution in [2.45, 2.75) is 264 Å². The minimum atomic E-state index is -4.35. The van der Waals surface area contributed by atoms with E-state index in [1.807, 2.05) is 27.2 Å². The number of hydrogen-bond acceptors (Lipinski definition) is 5. The molecule has 3 unspecified atom stereocenters. The Morgan fingerprint density at radius 1 is 0.522 bits per heavy atom. The molecule has 3 N–H and O–H groups in total. The molecule has 392 valence electrons. The van der Waals surface area contributed by atoms with Crippen LogP contribution in [0.2, 0.25) is 0 Å². The summed E-state index contributed by atoms with van der Waals surface area (Å²) in [5, 5.41) is 13.9. The number of hydrogen-bond donors (Lipinski definition) is 3. The first-order valence-electron chi connectivity index (χ1n) is 28.2. The van der Waals surface area contributed by atoms with E-state index in [0.717, 1.165) is 77.0 Å². The van der Waals surface area contributed by atoms with Gasteiger partial charge >= 0.3 is 7.82 Å². The number of phosphoric ester groups is 1. The molecule has 0 spiro atoms. The van der Waals surface area contributed by atoms with Crippen molar-refractivity contribution in [3.8, 4) is 0 Å². The first-order chi connectivity index (χ1) is 32.5. The number of aliphatic hydroxyl groups is 1. The molecule has 1 amide bonds. The SMILES string of the molecule is CC/C=C\C/C=C\C/C=C\C/C=C\CCCCCCCCC(=O)NC(COP(=O)(O)OCC[N+](C)(C)C)C(O)/C=C/CCCCCCCCCCCCCCCCCCCCCCCCCC. The van der Waals surface area contributed by atoms with Crippen LogP contribution >= 0.6 is 7.82 Å². The van der Waals surface area contributed by atoms with Crippen molar-refractivity contribution in [3.05, 3.63) is 60.8 Å². The van der Waals surface area contributed by atoms with Gasteiger partial charge in [-0.25, -0.2) is 4.57 Å². The van der Waals surface area contributed by atoms with Crippen LogP contribution in [-0.4, -0.2) is 73.4 Å². The lowest BCUT2D eigenvalue weighted by Crippen LogP contribution is -2.45. The molecule has 0 heterocycles. The highest BCUT2D eigenvalue weighted by molar-refractivity contribution is 7.47. The van der Waals surface area contributed by atoms with Gasteiger partial charge in [-0.15, -0.1) is 0 Å². The molecule has 0 aliphatic carbocycles. The lowest BCUT2D eigenvalue weighted by atomic mass is 10.0. The third-order valence-corrected chi connectivity index (χ3v) is 13.5. The zero-order valence-corrected chi connectivity index (χ0v) is 45.5. The first kappa shape index (κ1) is 65.2. The molecule has 67 heavy (non-hydrogen) atoms. The number of nitrogens with one attached hydrogen (secondary N) is 1. The summed E-state index contributed by atoms with van der Waals surface area (Å²) in [5.74, 6) is -0.191. The van der Waals surface area contributed by atoms with Crippen molar-refractivity contribution in [1.82, 2.24) is 5.32 Å². The number of carbonyl (C=O) groups excluding carboxylic acids is 1. The Hall–Kier alpha value is -1.80. The smallest absolute Gasteiger partial charge is 0.387 e. The molecule has 0 aliphatic heterocycles. The van der Waals surface area contributed by atoms with Crippen LogP contribution in [0.5, 0.6) is 0 Å². The number of rotatable bonds is 51. The molecule has 0 aromatic rings. The predicted octanol–water partition coefficient (Wildman–Crippen LogP) is 16.9. The van der Waals surface area contributed by atoms with Gasteiger partial charge in [-0.05, 0) is 57.8 Å². The monoisotopic (exact) mass is 962 g/mol. The van der Waals surface area contributed by atoms with E-state index < -0.39 is 20.0 Å². The summed E-state index contributed by atoms with van der Waals surface area (Å²) >= 11 is 0. The van der Waals surface area contributed by atoms with Crippen molar-refractivity contribution in [3.63, 3.8) is 0 Å². The average Bonchev–Trinajstić information content (AvgIpc) is 3.29. The molecule has 0 rings (SSSR count). The summed E-state index contributed by atoms with van der Waals surface area (Å²) in [6.07, 6.45) is 66.0. The Kier molecular flexibility index (Phi) is 47.9. The number of allylic oxidation sites excluding steroid dienone is 9. The maximum Gasteiger partial charge on any atom is 0.472 e. The fraction of sp³-hybridized carbons (Fsp3) is 0.810. The second-order valence-corrected chi connectivity index (χ2v) is 21.7. The fourth-order valence-electron chi connectivity index (χ4n) is 8.09. The molecule has 0 saturated carbocycles. The quantitative estimate of drug-likeness (QED) is 0.0243. The number of amides is 1. The fourth-order valence-corrected chi connectivity index (χ4v) is 8.83. The van der Waals surface area contributed by atoms with Gasteiger partial charge in [-0.1, -0.05) is 248 Å². The van der Waals surface area contributed by atoms with Crippen LogP contribution in [-0.2, 0) is 18.4 Å². The minimum absolute atomic E-state index is 0.0563. The molecule has 0 radical (unpaired) electrons. The highest BCUT2D eigenvalue weighted by Gasteiger charge is 2.27. The van der Waals surface area contributed by atoms with Crippen LogP contribution in [0.4, 0.5) is 0 Å². The highest BCUT2D eigenvalue weighted by atomic mass is 31.2. The summed E-state index contributed by atoms with van der Waals surface area (Å²) in [7, 11) is 1.56. The molecule has 0 fully saturated rings. The minimum Gasteiger partial charge on any atom is -0.387 e. The van der Waals surface area contributed by atoms with E-state index in [9.17, 15) is 19.4 Å². The Morgan fingerprint density at radius 3 is 1.31 bits per heavy atom. The van der Waals surface area contributed by atoms with Gasteiger partial charge in [0.2, 0.25) is 5.91 Å². The predicted molar refractivity (Wildman–Crippen MR) is 290 cm³/mol. The molecule has 8 nitrogen and oxygen atoms in total. The molecule has 3 atom stereocenters. The Labute approximate surface area is 415 Å². The summed E-state index contributed by atoms with van der Waals surface area (Å²) in [6.45, 7) is 4.71. The molecule has 0 saturated heterocycles. The van der Waals surface area contributed by atoms with E-state index in [0.29, 0.717) is 17.4 Å². The molecule has 0 aromatic heterocycles. The van der Waals surface area contributed by atoms with Gasteiger partial charge in [0.15, 0.2) is 0 Å². The van der Waals surface area contributed by atoms with Crippen molar-refractivity contribution in [2.24, 2.45) is 0 Å². The maximum absolute atomic E-state index is 13.0. The van der Waals surface area contributed by atoms with E-state index in [1.54, 1.807) is 6.08 Å². The average molecular weight is 962 g/mol. The van der Waals surface area contributed by atoms with Crippen LogP contribution in [0.25, 0.3) is 0 Å². The molecular formula is C58H110N2O6P+. The zero-order valence-electron chi connectivity index (χ0n) is 44.6. The zero-order chi connectivity index (χ0) is 49.2. The second-order valence-electron chi connectivity index (χ2n) is 20.3. The summed E-state index contributed by atoms with van der Waals surface area (Å²) < 4.78 is 23.7. The lowest BCUT2D eigenvalue weighted by molar-refractivity contribution is -0.870. The third-order valence-electron chi connectivity index (χ3n) is 12.5. The van der Waals surface area contributed by atoms with Crippen molar-refractivity contribution < 1.29 is 32.9 Å². The summed E-state index contributed by atoms with van der Waals surface area (Å²) in [5.41, 5.74) is 0. The van der Waals surface area contributed by atoms with E-state index in [-0.39, 0.29) is 19.1 Å². The Morgan fingerprint density at radius 2 is 0.896 bits per heavy atom. The Balaban J connectivity index is 4.24. The van der Waals surface area contributed by atoms with E-state index in [1.165, 1.54) is 154 Å². The maximum atomic E-state index is 13.0. The van der Waals surface area contributed by atoms with E-state index in [4.69, 9.17) is 9.05 Å². The largest absolute Gasteiger partial charge is 0.472 e. The van der Waals surface area contributed by atoms with Crippen molar-refractivity contribution in [2.75, 3.05) is 40.9 Å². The molecule has 0 aliphatic rings. The number of carbonyl (C=O) groups is 1. The lowest BCUT2D eigenvalue weighted by Gasteiger charge is -2.25. The van der Waals surface area contributed by atoms with Gasteiger partial charge in [0.25, 0.3) is 0 Å². The number of aliphatic hydroxyl groups excluding tert-OH is 1. The van der Waals surface area contributed by atoms with Crippen LogP contribution in [0.3, 0.4) is 0 Å². The second kappa shape index (κ2) is 49.2. The molecular weight excluding hydrogens is 852 g/mol. The third kappa shape index (κ3) is 51.9. The number of likely N-dealkylation sites (N-methyl/N-ethyl adjacent to an activating group) is 1. The highest BCUT2D eigenvalue weighted by Crippen LogP contribution is 2.43. The number of unbranched alkanes of at least 4 members (excludes halogenated alkanes) is 30. The summed E-state index contributed by atoms with van der Waals surface area (Å²) in [4.78, 5) is 23.3. The normalized spacial score (nSPS) is 14.4.